The highest BCUT2D eigenvalue weighted by molar-refractivity contribution is 14.1. The Kier molecular flexibility index (Phi) is 11.3. The van der Waals surface area contributed by atoms with Gasteiger partial charge in [-0.05, 0) is 122 Å². The highest BCUT2D eigenvalue weighted by Gasteiger charge is 2.18. The van der Waals surface area contributed by atoms with Gasteiger partial charge in [0.05, 0.1) is 28.3 Å². The number of anilines is 1. The van der Waals surface area contributed by atoms with Crippen molar-refractivity contribution < 1.29 is 23.8 Å². The number of esters is 1. The van der Waals surface area contributed by atoms with Gasteiger partial charge < -0.3 is 24.8 Å². The van der Waals surface area contributed by atoms with E-state index in [9.17, 15) is 9.59 Å². The van der Waals surface area contributed by atoms with Crippen LogP contribution in [-0.4, -0.2) is 32.3 Å². The summed E-state index contributed by atoms with van der Waals surface area (Å²) < 4.78 is 19.1. The molecule has 3 rings (SSSR count). The number of amides is 2. The second-order valence-electron chi connectivity index (χ2n) is 8.36. The Morgan fingerprint density at radius 3 is 2.39 bits per heavy atom. The SMILES string of the molecule is CCOC(=O)CNC(=O)Nc1cccc(I)c1-c1cc(Br)c(Oc2ccc(OC)c(C(C)CC)c2)c(Br)c1. The fraction of sp³-hybridized carbons (Fsp3) is 0.286. The minimum Gasteiger partial charge on any atom is -0.496 e. The summed E-state index contributed by atoms with van der Waals surface area (Å²) in [7, 11) is 1.67. The molecule has 10 heteroatoms. The van der Waals surface area contributed by atoms with Gasteiger partial charge in [-0.1, -0.05) is 19.9 Å². The van der Waals surface area contributed by atoms with Crippen LogP contribution in [0.2, 0.25) is 0 Å². The second kappa shape index (κ2) is 14.2. The lowest BCUT2D eigenvalue weighted by atomic mass is 9.97. The van der Waals surface area contributed by atoms with E-state index in [1.165, 1.54) is 0 Å². The minimum absolute atomic E-state index is 0.216. The molecular weight excluding hydrogens is 731 g/mol. The van der Waals surface area contributed by atoms with Crippen LogP contribution in [0, 0.1) is 3.57 Å². The van der Waals surface area contributed by atoms with E-state index < -0.39 is 12.0 Å². The predicted molar refractivity (Wildman–Crippen MR) is 165 cm³/mol. The lowest BCUT2D eigenvalue weighted by Gasteiger charge is -2.18. The van der Waals surface area contributed by atoms with Crippen LogP contribution in [0.15, 0.2) is 57.5 Å². The van der Waals surface area contributed by atoms with Gasteiger partial charge in [0, 0.05) is 14.7 Å². The van der Waals surface area contributed by atoms with Crippen molar-refractivity contribution in [1.82, 2.24) is 5.32 Å². The average Bonchev–Trinajstić information content (AvgIpc) is 2.89. The van der Waals surface area contributed by atoms with E-state index in [-0.39, 0.29) is 13.2 Å². The molecule has 0 radical (unpaired) electrons. The first-order valence-electron chi connectivity index (χ1n) is 12.0. The van der Waals surface area contributed by atoms with Crippen molar-refractivity contribution in [2.24, 2.45) is 0 Å². The Morgan fingerprint density at radius 2 is 1.76 bits per heavy atom. The molecule has 0 spiro atoms. The number of carbonyl (C=O) groups excluding carboxylic acids is 2. The van der Waals surface area contributed by atoms with Crippen LogP contribution in [-0.2, 0) is 9.53 Å². The van der Waals surface area contributed by atoms with Gasteiger partial charge in [-0.15, -0.1) is 0 Å². The van der Waals surface area contributed by atoms with Gasteiger partial charge in [0.25, 0.3) is 0 Å². The third kappa shape index (κ3) is 7.63. The summed E-state index contributed by atoms with van der Waals surface area (Å²) in [4.78, 5) is 24.1. The molecule has 0 saturated carbocycles. The number of methoxy groups -OCH3 is 1. The number of hydrogen-bond donors (Lipinski definition) is 2. The molecule has 2 N–H and O–H groups in total. The van der Waals surface area contributed by atoms with E-state index in [1.807, 2.05) is 42.5 Å². The molecule has 38 heavy (non-hydrogen) atoms. The minimum atomic E-state index is -0.504. The highest BCUT2D eigenvalue weighted by Crippen LogP contribution is 2.44. The maximum absolute atomic E-state index is 12.5. The standard InChI is InChI=1S/C28H29Br2IN2O5/c1-5-16(3)19-14-18(10-11-24(19)36-4)38-27-20(29)12-17(13-21(27)30)26-22(31)8-7-9-23(26)33-28(35)32-15-25(34)37-6-2/h7-14,16H,5-6,15H2,1-4H3,(H2,32,33,35). The molecule has 0 saturated heterocycles. The zero-order valence-electron chi connectivity index (χ0n) is 21.5. The third-order valence-corrected chi connectivity index (χ3v) is 7.89. The van der Waals surface area contributed by atoms with Gasteiger partial charge >= 0.3 is 12.0 Å². The number of rotatable bonds is 10. The summed E-state index contributed by atoms with van der Waals surface area (Å²) in [6, 6.07) is 14.8. The van der Waals surface area contributed by atoms with E-state index in [0.29, 0.717) is 23.1 Å². The van der Waals surface area contributed by atoms with Crippen molar-refractivity contribution in [3.8, 4) is 28.4 Å². The van der Waals surface area contributed by atoms with Crippen molar-refractivity contribution in [2.75, 3.05) is 25.6 Å². The number of urea groups is 1. The van der Waals surface area contributed by atoms with Crippen molar-refractivity contribution in [3.63, 3.8) is 0 Å². The second-order valence-corrected chi connectivity index (χ2v) is 11.2. The fourth-order valence-electron chi connectivity index (χ4n) is 3.75. The molecule has 0 aliphatic carbocycles. The number of ether oxygens (including phenoxy) is 3. The van der Waals surface area contributed by atoms with Crippen LogP contribution in [0.3, 0.4) is 0 Å². The summed E-state index contributed by atoms with van der Waals surface area (Å²) in [5.74, 6) is 1.99. The monoisotopic (exact) mass is 758 g/mol. The quantitative estimate of drug-likeness (QED) is 0.160. The Balaban J connectivity index is 1.89. The van der Waals surface area contributed by atoms with Gasteiger partial charge in [0.15, 0.2) is 5.75 Å². The van der Waals surface area contributed by atoms with Crippen molar-refractivity contribution in [2.45, 2.75) is 33.1 Å². The Hall–Kier alpha value is -2.31. The van der Waals surface area contributed by atoms with Gasteiger partial charge in [0.2, 0.25) is 0 Å². The average molecular weight is 760 g/mol. The number of halogens is 3. The van der Waals surface area contributed by atoms with Crippen LogP contribution in [0.5, 0.6) is 17.2 Å². The first-order chi connectivity index (χ1) is 18.2. The van der Waals surface area contributed by atoms with E-state index in [4.69, 9.17) is 14.2 Å². The summed E-state index contributed by atoms with van der Waals surface area (Å²) in [6.07, 6.45) is 0.981. The molecule has 0 fully saturated rings. The first kappa shape index (κ1) is 30.2. The fourth-order valence-corrected chi connectivity index (χ4v) is 5.91. The molecule has 3 aromatic carbocycles. The molecule has 0 aliphatic heterocycles. The maximum atomic E-state index is 12.5. The molecule has 0 bridgehead atoms. The smallest absolute Gasteiger partial charge is 0.325 e. The summed E-state index contributed by atoms with van der Waals surface area (Å²) in [5.41, 5.74) is 3.37. The normalized spacial score (nSPS) is 11.4. The molecule has 202 valence electrons. The van der Waals surface area contributed by atoms with Crippen molar-refractivity contribution in [1.29, 1.82) is 0 Å². The molecule has 7 nitrogen and oxygen atoms in total. The number of carbonyl (C=O) groups is 2. The lowest BCUT2D eigenvalue weighted by molar-refractivity contribution is -0.141. The van der Waals surface area contributed by atoms with E-state index >= 15 is 0 Å². The third-order valence-electron chi connectivity index (χ3n) is 5.81. The lowest BCUT2D eigenvalue weighted by Crippen LogP contribution is -2.34. The number of nitrogens with one attached hydrogen (secondary N) is 2. The van der Waals surface area contributed by atoms with Crippen LogP contribution < -0.4 is 20.1 Å². The zero-order chi connectivity index (χ0) is 27.8. The van der Waals surface area contributed by atoms with Crippen LogP contribution in [0.1, 0.15) is 38.7 Å². The first-order valence-corrected chi connectivity index (χ1v) is 14.7. The van der Waals surface area contributed by atoms with Crippen molar-refractivity contribution in [3.05, 3.63) is 66.6 Å². The van der Waals surface area contributed by atoms with Gasteiger partial charge in [-0.25, -0.2) is 4.79 Å². The topological polar surface area (TPSA) is 85.9 Å². The Morgan fingerprint density at radius 1 is 1.05 bits per heavy atom. The van der Waals surface area contributed by atoms with Gasteiger partial charge in [-0.3, -0.25) is 4.79 Å². The molecule has 0 aliphatic rings. The van der Waals surface area contributed by atoms with E-state index in [2.05, 4.69) is 78.9 Å². The van der Waals surface area contributed by atoms with E-state index in [1.54, 1.807) is 20.1 Å². The van der Waals surface area contributed by atoms with Crippen LogP contribution >= 0.6 is 54.5 Å². The maximum Gasteiger partial charge on any atom is 0.325 e. The molecule has 3 aromatic rings. The molecule has 0 aromatic heterocycles. The van der Waals surface area contributed by atoms with Crippen LogP contribution in [0.25, 0.3) is 11.1 Å². The largest absolute Gasteiger partial charge is 0.496 e. The van der Waals surface area contributed by atoms with Gasteiger partial charge in [-0.2, -0.15) is 0 Å². The Bertz CT molecular complexity index is 1300. The zero-order valence-corrected chi connectivity index (χ0v) is 26.8. The highest BCUT2D eigenvalue weighted by atomic mass is 127. The Labute approximate surface area is 253 Å². The van der Waals surface area contributed by atoms with Crippen molar-refractivity contribution >= 4 is 72.1 Å². The predicted octanol–water partition coefficient (Wildman–Crippen LogP) is 8.48. The molecule has 2 amide bonds. The van der Waals surface area contributed by atoms with E-state index in [0.717, 1.165) is 41.4 Å². The molecule has 1 atom stereocenters. The summed E-state index contributed by atoms with van der Waals surface area (Å²) in [5, 5.41) is 5.36. The molecular formula is C28H29Br2IN2O5. The molecule has 0 heterocycles. The summed E-state index contributed by atoms with van der Waals surface area (Å²) >= 11 is 9.56. The van der Waals surface area contributed by atoms with Gasteiger partial charge in [0.1, 0.15) is 18.0 Å². The molecule has 1 unspecified atom stereocenters. The number of benzene rings is 3. The van der Waals surface area contributed by atoms with Crippen LogP contribution in [0.4, 0.5) is 10.5 Å². The number of hydrogen-bond acceptors (Lipinski definition) is 5. The summed E-state index contributed by atoms with van der Waals surface area (Å²) in [6.45, 7) is 6.05.